The summed E-state index contributed by atoms with van der Waals surface area (Å²) in [4.78, 5) is 28.4. The Morgan fingerprint density at radius 3 is 2.45 bits per heavy atom. The molecule has 1 fully saturated rings. The van der Waals surface area contributed by atoms with E-state index in [4.69, 9.17) is 26.8 Å². The van der Waals surface area contributed by atoms with Crippen LogP contribution in [0.4, 0.5) is 16.3 Å². The molecule has 0 aliphatic carbocycles. The van der Waals surface area contributed by atoms with Crippen LogP contribution in [-0.4, -0.2) is 72.5 Å². The first kappa shape index (κ1) is 20.5. The lowest BCUT2D eigenvalue weighted by atomic mass is 10.2. The first-order valence-electron chi connectivity index (χ1n) is 8.79. The second kappa shape index (κ2) is 8.86. The van der Waals surface area contributed by atoms with Crippen molar-refractivity contribution < 1.29 is 23.7 Å². The lowest BCUT2D eigenvalue weighted by molar-refractivity contribution is 0.0752. The van der Waals surface area contributed by atoms with Gasteiger partial charge in [0.1, 0.15) is 11.5 Å². The summed E-state index contributed by atoms with van der Waals surface area (Å²) in [6.07, 6.45) is 0.588. The summed E-state index contributed by atoms with van der Waals surface area (Å²) >= 11 is 6.15. The van der Waals surface area contributed by atoms with Crippen LogP contribution >= 0.6 is 11.6 Å². The molecule has 1 aliphatic rings. The van der Waals surface area contributed by atoms with Crippen LogP contribution in [0.15, 0.2) is 16.8 Å². The summed E-state index contributed by atoms with van der Waals surface area (Å²) in [5.74, 6) is 0.416. The van der Waals surface area contributed by atoms with E-state index in [1.54, 1.807) is 21.9 Å². The van der Waals surface area contributed by atoms with Crippen molar-refractivity contribution in [2.45, 2.75) is 6.42 Å². The molecule has 12 heteroatoms. The number of aromatic nitrogens is 2. The fraction of sp³-hybridized carbons (Fsp3) is 0.412. The second-order valence-corrected chi connectivity index (χ2v) is 6.66. The zero-order valence-corrected chi connectivity index (χ0v) is 16.7. The van der Waals surface area contributed by atoms with Crippen molar-refractivity contribution in [3.63, 3.8) is 0 Å². The zero-order valence-electron chi connectivity index (χ0n) is 16.0. The van der Waals surface area contributed by atoms with E-state index in [0.29, 0.717) is 54.8 Å². The Bertz CT molecular complexity index is 904. The second-order valence-electron chi connectivity index (χ2n) is 6.25. The third-order valence-corrected chi connectivity index (χ3v) is 4.80. The van der Waals surface area contributed by atoms with E-state index in [1.807, 2.05) is 0 Å². The van der Waals surface area contributed by atoms with Gasteiger partial charge >= 0.3 is 6.03 Å². The molecular weight excluding hydrogens is 404 g/mol. The molecule has 2 aromatic rings. The molecule has 1 saturated heterocycles. The van der Waals surface area contributed by atoms with Gasteiger partial charge in [-0.15, -0.1) is 0 Å². The van der Waals surface area contributed by atoms with E-state index in [-0.39, 0.29) is 23.5 Å². The number of rotatable bonds is 4. The fourth-order valence-corrected chi connectivity index (χ4v) is 3.21. The Kier molecular flexibility index (Phi) is 6.27. The van der Waals surface area contributed by atoms with Crippen LogP contribution in [0.25, 0.3) is 0 Å². The minimum absolute atomic E-state index is 0.0273. The Morgan fingerprint density at radius 1 is 1.10 bits per heavy atom. The number of nitrogens with zero attached hydrogens (tertiary/aromatic N) is 4. The molecule has 0 bridgehead atoms. The summed E-state index contributed by atoms with van der Waals surface area (Å²) in [6.45, 7) is 1.56. The number of ether oxygens (including phenoxy) is 2. The maximum absolute atomic E-state index is 12.7. The van der Waals surface area contributed by atoms with E-state index in [2.05, 4.69) is 20.3 Å². The topological polar surface area (TPSA) is 136 Å². The molecule has 3 amide bonds. The lowest BCUT2D eigenvalue weighted by Gasteiger charge is -2.22. The number of hydrogen-bond donors (Lipinski definition) is 2. The van der Waals surface area contributed by atoms with Gasteiger partial charge in [0.15, 0.2) is 0 Å². The summed E-state index contributed by atoms with van der Waals surface area (Å²) in [6, 6.07) is 2.82. The number of methoxy groups -OCH3 is 2. The summed E-state index contributed by atoms with van der Waals surface area (Å²) in [5, 5.41) is 10.1. The highest BCUT2D eigenvalue weighted by Crippen LogP contribution is 2.36. The minimum atomic E-state index is -0.380. The van der Waals surface area contributed by atoms with Gasteiger partial charge in [-0.3, -0.25) is 4.79 Å². The van der Waals surface area contributed by atoms with Crippen molar-refractivity contribution in [2.75, 3.05) is 51.4 Å². The Labute approximate surface area is 171 Å². The van der Waals surface area contributed by atoms with Gasteiger partial charge in [0.2, 0.25) is 11.5 Å². The number of nitrogen functional groups attached to an aromatic ring is 1. The van der Waals surface area contributed by atoms with E-state index in [9.17, 15) is 9.59 Å². The molecule has 1 aromatic carbocycles. The molecule has 11 nitrogen and oxygen atoms in total. The van der Waals surface area contributed by atoms with E-state index in [0.717, 1.165) is 0 Å². The van der Waals surface area contributed by atoms with Crippen molar-refractivity contribution in [3.05, 3.63) is 22.8 Å². The maximum atomic E-state index is 12.7. The highest BCUT2D eigenvalue weighted by atomic mass is 35.5. The molecular formula is C17H21ClN6O5. The number of urea groups is 1. The van der Waals surface area contributed by atoms with Gasteiger partial charge in [0, 0.05) is 32.2 Å². The van der Waals surface area contributed by atoms with Crippen LogP contribution in [0.5, 0.6) is 11.5 Å². The molecule has 1 aromatic heterocycles. The van der Waals surface area contributed by atoms with Crippen molar-refractivity contribution >= 4 is 35.0 Å². The van der Waals surface area contributed by atoms with E-state index >= 15 is 0 Å². The highest BCUT2D eigenvalue weighted by Gasteiger charge is 2.27. The SMILES string of the molecule is COc1cc(OC)c(NC(=O)N2CCCN(C(=O)c3nonc3N)CC2)cc1Cl. The number of nitrogens with two attached hydrogens (primary N) is 1. The number of carbonyl (C=O) groups excluding carboxylic acids is 2. The standard InChI is InChI=1S/C17H21ClN6O5/c1-27-12-9-13(28-2)11(8-10(12)18)20-17(26)24-5-3-4-23(6-7-24)16(25)14-15(19)22-29-21-14/h8-9H,3-7H2,1-2H3,(H2,19,22)(H,20,26). The average molecular weight is 425 g/mol. The molecule has 2 heterocycles. The van der Waals surface area contributed by atoms with Gasteiger partial charge in [-0.1, -0.05) is 11.6 Å². The Morgan fingerprint density at radius 2 is 1.79 bits per heavy atom. The third kappa shape index (κ3) is 4.45. The monoisotopic (exact) mass is 424 g/mol. The minimum Gasteiger partial charge on any atom is -0.495 e. The molecule has 156 valence electrons. The number of carbonyl (C=O) groups is 2. The molecule has 0 saturated carbocycles. The maximum Gasteiger partial charge on any atom is 0.322 e. The third-order valence-electron chi connectivity index (χ3n) is 4.50. The van der Waals surface area contributed by atoms with Gasteiger partial charge in [-0.2, -0.15) is 0 Å². The van der Waals surface area contributed by atoms with Gasteiger partial charge in [-0.05, 0) is 22.8 Å². The smallest absolute Gasteiger partial charge is 0.322 e. The fourth-order valence-electron chi connectivity index (χ4n) is 2.97. The quantitative estimate of drug-likeness (QED) is 0.756. The normalized spacial score (nSPS) is 14.3. The number of nitrogens with one attached hydrogen (secondary N) is 1. The largest absolute Gasteiger partial charge is 0.495 e. The summed E-state index contributed by atoms with van der Waals surface area (Å²) in [5.41, 5.74) is 5.98. The zero-order chi connectivity index (χ0) is 21.0. The van der Waals surface area contributed by atoms with Crippen molar-refractivity contribution in [2.24, 2.45) is 0 Å². The van der Waals surface area contributed by atoms with Crippen LogP contribution in [0.1, 0.15) is 16.9 Å². The van der Waals surface area contributed by atoms with Crippen LogP contribution in [0, 0.1) is 0 Å². The van der Waals surface area contributed by atoms with Crippen molar-refractivity contribution in [3.8, 4) is 11.5 Å². The molecule has 3 rings (SSSR count). The predicted molar refractivity (Wildman–Crippen MR) is 104 cm³/mol. The van der Waals surface area contributed by atoms with E-state index < -0.39 is 0 Å². The molecule has 1 aliphatic heterocycles. The van der Waals surface area contributed by atoms with Crippen molar-refractivity contribution in [1.82, 2.24) is 20.1 Å². The molecule has 29 heavy (non-hydrogen) atoms. The first-order valence-corrected chi connectivity index (χ1v) is 9.17. The van der Waals surface area contributed by atoms with Gasteiger partial charge in [0.25, 0.3) is 5.91 Å². The van der Waals surface area contributed by atoms with Gasteiger partial charge in [-0.25, -0.2) is 9.42 Å². The first-order chi connectivity index (χ1) is 13.9. The Balaban J connectivity index is 1.66. The molecule has 0 unspecified atom stereocenters. The van der Waals surface area contributed by atoms with Crippen LogP contribution < -0.4 is 20.5 Å². The van der Waals surface area contributed by atoms with Crippen LogP contribution in [0.2, 0.25) is 5.02 Å². The number of anilines is 2. The van der Waals surface area contributed by atoms with Gasteiger partial charge < -0.3 is 30.3 Å². The average Bonchev–Trinajstić information content (AvgIpc) is 2.99. The summed E-state index contributed by atoms with van der Waals surface area (Å²) in [7, 11) is 2.98. The number of hydrogen-bond acceptors (Lipinski definition) is 8. The number of halogens is 1. The van der Waals surface area contributed by atoms with Crippen LogP contribution in [0.3, 0.4) is 0 Å². The van der Waals surface area contributed by atoms with E-state index in [1.165, 1.54) is 14.2 Å². The highest BCUT2D eigenvalue weighted by molar-refractivity contribution is 6.32. The van der Waals surface area contributed by atoms with Gasteiger partial charge in [0.05, 0.1) is 24.9 Å². The Hall–Kier alpha value is -3.21. The molecule has 3 N–H and O–H groups in total. The lowest BCUT2D eigenvalue weighted by Crippen LogP contribution is -2.39. The molecule has 0 spiro atoms. The number of benzene rings is 1. The van der Waals surface area contributed by atoms with Crippen LogP contribution in [-0.2, 0) is 0 Å². The number of amides is 3. The molecule has 0 atom stereocenters. The molecule has 0 radical (unpaired) electrons. The summed E-state index contributed by atoms with van der Waals surface area (Å²) < 4.78 is 14.9. The predicted octanol–water partition coefficient (Wildman–Crippen LogP) is 1.70. The van der Waals surface area contributed by atoms with Crippen molar-refractivity contribution in [1.29, 1.82) is 0 Å².